The topological polar surface area (TPSA) is 55.1 Å². The number of hydrogen-bond acceptors (Lipinski definition) is 4. The standard InChI is InChI=1S/C16H18N2O2S/c19-15(17-13-8-10-5-6-11(13)7-10)9-21-16-18-12-3-1-2-4-14(12)20-16/h1-4,10-11,13H,5-9H2,(H,17,19)/t10-,11-,13-/m0/s1. The number of benzene rings is 1. The van der Waals surface area contributed by atoms with Crippen molar-refractivity contribution in [2.24, 2.45) is 11.8 Å². The highest BCUT2D eigenvalue weighted by molar-refractivity contribution is 7.99. The first-order valence-electron chi connectivity index (χ1n) is 7.55. The molecule has 0 unspecified atom stereocenters. The minimum Gasteiger partial charge on any atom is -0.431 e. The first-order valence-corrected chi connectivity index (χ1v) is 8.54. The first kappa shape index (κ1) is 13.2. The number of carbonyl (C=O) groups is 1. The molecule has 21 heavy (non-hydrogen) atoms. The van der Waals surface area contributed by atoms with Crippen LogP contribution in [0.3, 0.4) is 0 Å². The predicted octanol–water partition coefficient (Wildman–Crippen LogP) is 3.22. The monoisotopic (exact) mass is 302 g/mol. The minimum atomic E-state index is 0.0970. The smallest absolute Gasteiger partial charge is 0.257 e. The normalized spacial score (nSPS) is 27.3. The van der Waals surface area contributed by atoms with Crippen molar-refractivity contribution in [3.8, 4) is 0 Å². The van der Waals surface area contributed by atoms with Gasteiger partial charge >= 0.3 is 0 Å². The highest BCUT2D eigenvalue weighted by Crippen LogP contribution is 2.44. The number of oxazole rings is 1. The van der Waals surface area contributed by atoms with Crippen LogP contribution >= 0.6 is 11.8 Å². The van der Waals surface area contributed by atoms with E-state index in [0.717, 1.165) is 17.0 Å². The van der Waals surface area contributed by atoms with Crippen LogP contribution in [0.5, 0.6) is 0 Å². The van der Waals surface area contributed by atoms with Gasteiger partial charge in [-0.25, -0.2) is 4.98 Å². The molecule has 0 aliphatic heterocycles. The number of aromatic nitrogens is 1. The molecule has 4 nitrogen and oxygen atoms in total. The highest BCUT2D eigenvalue weighted by atomic mass is 32.2. The average Bonchev–Trinajstić information content (AvgIpc) is 3.19. The van der Waals surface area contributed by atoms with Crippen molar-refractivity contribution in [3.63, 3.8) is 0 Å². The van der Waals surface area contributed by atoms with Crippen LogP contribution in [0.2, 0.25) is 0 Å². The Hall–Kier alpha value is -1.49. The van der Waals surface area contributed by atoms with Crippen molar-refractivity contribution in [2.45, 2.75) is 36.9 Å². The largest absolute Gasteiger partial charge is 0.431 e. The van der Waals surface area contributed by atoms with Crippen LogP contribution in [0, 0.1) is 11.8 Å². The summed E-state index contributed by atoms with van der Waals surface area (Å²) in [5, 5.41) is 3.75. The maximum atomic E-state index is 12.1. The number of amides is 1. The second kappa shape index (κ2) is 5.37. The molecule has 4 rings (SSSR count). The second-order valence-electron chi connectivity index (χ2n) is 6.09. The maximum absolute atomic E-state index is 12.1. The van der Waals surface area contributed by atoms with E-state index in [1.165, 1.54) is 37.4 Å². The highest BCUT2D eigenvalue weighted by Gasteiger charge is 2.39. The summed E-state index contributed by atoms with van der Waals surface area (Å²) in [5.41, 5.74) is 1.61. The lowest BCUT2D eigenvalue weighted by atomic mass is 9.95. The quantitative estimate of drug-likeness (QED) is 0.881. The number of fused-ring (bicyclic) bond motifs is 3. The molecule has 2 aliphatic rings. The van der Waals surface area contributed by atoms with Crippen LogP contribution in [-0.4, -0.2) is 22.7 Å². The SMILES string of the molecule is O=C(CSc1nc2ccccc2o1)N[C@H]1C[C@H]2CC[C@H]1C2. The van der Waals surface area contributed by atoms with Gasteiger partial charge in [0.25, 0.3) is 5.22 Å². The number of nitrogens with zero attached hydrogens (tertiary/aromatic N) is 1. The van der Waals surface area contributed by atoms with Gasteiger partial charge in [0.15, 0.2) is 5.58 Å². The Labute approximate surface area is 127 Å². The number of hydrogen-bond donors (Lipinski definition) is 1. The Morgan fingerprint density at radius 2 is 2.24 bits per heavy atom. The van der Waals surface area contributed by atoms with E-state index in [9.17, 15) is 4.79 Å². The first-order chi connectivity index (χ1) is 10.3. The third kappa shape index (κ3) is 2.67. The summed E-state index contributed by atoms with van der Waals surface area (Å²) in [4.78, 5) is 16.4. The molecule has 1 aromatic carbocycles. The number of nitrogens with one attached hydrogen (secondary N) is 1. The zero-order valence-electron chi connectivity index (χ0n) is 11.7. The maximum Gasteiger partial charge on any atom is 0.257 e. The molecule has 1 aromatic heterocycles. The van der Waals surface area contributed by atoms with E-state index in [4.69, 9.17) is 4.42 Å². The Balaban J connectivity index is 1.32. The minimum absolute atomic E-state index is 0.0970. The second-order valence-corrected chi connectivity index (χ2v) is 7.01. The van der Waals surface area contributed by atoms with Gasteiger partial charge in [0.05, 0.1) is 5.75 Å². The van der Waals surface area contributed by atoms with Crippen LogP contribution in [0.25, 0.3) is 11.1 Å². The van der Waals surface area contributed by atoms with E-state index in [-0.39, 0.29) is 5.91 Å². The molecule has 2 aliphatic carbocycles. The number of rotatable bonds is 4. The van der Waals surface area contributed by atoms with Crippen LogP contribution in [0.1, 0.15) is 25.7 Å². The van der Waals surface area contributed by atoms with Gasteiger partial charge in [-0.05, 0) is 43.2 Å². The van der Waals surface area contributed by atoms with E-state index in [2.05, 4.69) is 10.3 Å². The van der Waals surface area contributed by atoms with Crippen molar-refractivity contribution in [1.29, 1.82) is 0 Å². The third-order valence-electron chi connectivity index (χ3n) is 4.69. The lowest BCUT2D eigenvalue weighted by Gasteiger charge is -2.22. The molecule has 1 heterocycles. The lowest BCUT2D eigenvalue weighted by molar-refractivity contribution is -0.119. The van der Waals surface area contributed by atoms with Crippen molar-refractivity contribution >= 4 is 28.8 Å². The van der Waals surface area contributed by atoms with E-state index in [0.29, 0.717) is 22.9 Å². The Kier molecular flexibility index (Phi) is 3.37. The zero-order chi connectivity index (χ0) is 14.2. The van der Waals surface area contributed by atoms with Gasteiger partial charge in [0.2, 0.25) is 5.91 Å². The molecular formula is C16H18N2O2S. The molecule has 2 saturated carbocycles. The molecule has 2 fully saturated rings. The van der Waals surface area contributed by atoms with E-state index < -0.39 is 0 Å². The van der Waals surface area contributed by atoms with Gasteiger partial charge < -0.3 is 9.73 Å². The molecule has 3 atom stereocenters. The fourth-order valence-electron chi connectivity index (χ4n) is 3.71. The molecule has 0 spiro atoms. The van der Waals surface area contributed by atoms with E-state index >= 15 is 0 Å². The summed E-state index contributed by atoms with van der Waals surface area (Å²) in [6.45, 7) is 0. The fourth-order valence-corrected chi connectivity index (χ4v) is 4.36. The number of carbonyl (C=O) groups excluding carboxylic acids is 1. The van der Waals surface area contributed by atoms with Crippen molar-refractivity contribution in [3.05, 3.63) is 24.3 Å². The molecular weight excluding hydrogens is 284 g/mol. The van der Waals surface area contributed by atoms with E-state index in [1.807, 2.05) is 24.3 Å². The van der Waals surface area contributed by atoms with Crippen molar-refractivity contribution < 1.29 is 9.21 Å². The summed E-state index contributed by atoms with van der Waals surface area (Å²) >= 11 is 1.37. The van der Waals surface area contributed by atoms with Gasteiger partial charge in [0.1, 0.15) is 5.52 Å². The number of para-hydroxylation sites is 2. The van der Waals surface area contributed by atoms with Crippen LogP contribution < -0.4 is 5.32 Å². The summed E-state index contributed by atoms with van der Waals surface area (Å²) in [5.74, 6) is 2.04. The Bertz CT molecular complexity index is 636. The molecule has 1 N–H and O–H groups in total. The summed E-state index contributed by atoms with van der Waals surface area (Å²) in [7, 11) is 0. The van der Waals surface area contributed by atoms with E-state index in [1.54, 1.807) is 0 Å². The molecule has 5 heteroatoms. The average molecular weight is 302 g/mol. The van der Waals surface area contributed by atoms with Crippen molar-refractivity contribution in [1.82, 2.24) is 10.3 Å². The molecule has 0 radical (unpaired) electrons. The number of thioether (sulfide) groups is 1. The van der Waals surface area contributed by atoms with Gasteiger partial charge in [-0.3, -0.25) is 4.79 Å². The molecule has 0 saturated heterocycles. The van der Waals surface area contributed by atoms with Gasteiger partial charge in [-0.1, -0.05) is 30.3 Å². The summed E-state index contributed by atoms with van der Waals surface area (Å²) < 4.78 is 5.61. The zero-order valence-corrected chi connectivity index (χ0v) is 12.6. The van der Waals surface area contributed by atoms with Gasteiger partial charge in [0, 0.05) is 6.04 Å². The molecule has 110 valence electrons. The summed E-state index contributed by atoms with van der Waals surface area (Å²) in [6.07, 6.45) is 5.12. The predicted molar refractivity (Wildman–Crippen MR) is 82.1 cm³/mol. The summed E-state index contributed by atoms with van der Waals surface area (Å²) in [6, 6.07) is 8.06. The van der Waals surface area contributed by atoms with Gasteiger partial charge in [-0.2, -0.15) is 0 Å². The van der Waals surface area contributed by atoms with Crippen molar-refractivity contribution in [2.75, 3.05) is 5.75 Å². The van der Waals surface area contributed by atoms with Gasteiger partial charge in [-0.15, -0.1) is 0 Å². The Morgan fingerprint density at radius 3 is 3.00 bits per heavy atom. The Morgan fingerprint density at radius 1 is 1.33 bits per heavy atom. The molecule has 2 bridgehead atoms. The third-order valence-corrected chi connectivity index (χ3v) is 5.51. The van der Waals surface area contributed by atoms with Crippen LogP contribution in [-0.2, 0) is 4.79 Å². The van der Waals surface area contributed by atoms with Crippen LogP contribution in [0.4, 0.5) is 0 Å². The van der Waals surface area contributed by atoms with Crippen LogP contribution in [0.15, 0.2) is 33.9 Å². The molecule has 2 aromatic rings. The lowest BCUT2D eigenvalue weighted by Crippen LogP contribution is -2.39. The fraction of sp³-hybridized carbons (Fsp3) is 0.500. The molecule has 1 amide bonds.